The van der Waals surface area contributed by atoms with Gasteiger partial charge < -0.3 is 15.5 Å². The van der Waals surface area contributed by atoms with Gasteiger partial charge in [-0.2, -0.15) is 0 Å². The highest BCUT2D eigenvalue weighted by Gasteiger charge is 2.17. The van der Waals surface area contributed by atoms with Gasteiger partial charge >= 0.3 is 0 Å². The zero-order chi connectivity index (χ0) is 37.8. The average Bonchev–Trinajstić information content (AvgIpc) is 3.15. The quantitative estimate of drug-likeness (QED) is 0.0439. The fourth-order valence-electron chi connectivity index (χ4n) is 6.06. The van der Waals surface area contributed by atoms with E-state index < -0.39 is 12.1 Å². The highest BCUT2D eigenvalue weighted by atomic mass is 16.3. The number of allylic oxidation sites excluding steroid dienone is 13. The number of unbranched alkanes of at least 4 members (excludes halogenated alkanes) is 19. The number of carbonyl (C=O) groups excluding carboxylic acids is 1. The smallest absolute Gasteiger partial charge is 0.220 e. The minimum absolute atomic E-state index is 0.0732. The summed E-state index contributed by atoms with van der Waals surface area (Å²) in [5.41, 5.74) is 0. The lowest BCUT2D eigenvalue weighted by molar-refractivity contribution is -0.123. The molecule has 0 aromatic heterocycles. The summed E-state index contributed by atoms with van der Waals surface area (Å²) in [4.78, 5) is 12.3. The summed E-state index contributed by atoms with van der Waals surface area (Å²) in [6, 6.07) is -0.625. The van der Waals surface area contributed by atoms with Gasteiger partial charge in [-0.3, -0.25) is 4.79 Å². The van der Waals surface area contributed by atoms with E-state index in [1.54, 1.807) is 6.08 Å². The summed E-state index contributed by atoms with van der Waals surface area (Å²) in [7, 11) is 0. The van der Waals surface area contributed by atoms with Crippen LogP contribution in [0.5, 0.6) is 0 Å². The van der Waals surface area contributed by atoms with Crippen molar-refractivity contribution < 1.29 is 15.0 Å². The van der Waals surface area contributed by atoms with E-state index >= 15 is 0 Å². The number of rotatable bonds is 38. The Morgan fingerprint density at radius 2 is 0.846 bits per heavy atom. The molecule has 0 spiro atoms. The van der Waals surface area contributed by atoms with Crippen LogP contribution in [-0.4, -0.2) is 34.9 Å². The summed E-state index contributed by atoms with van der Waals surface area (Å²) >= 11 is 0. The third kappa shape index (κ3) is 38.8. The number of nitrogens with one attached hydrogen (secondary N) is 1. The predicted molar refractivity (Wildman–Crippen MR) is 230 cm³/mol. The van der Waals surface area contributed by atoms with E-state index in [1.165, 1.54) is 109 Å². The Hall–Kier alpha value is -2.43. The minimum atomic E-state index is -0.841. The molecule has 0 aromatic rings. The first-order chi connectivity index (χ1) is 25.7. The van der Waals surface area contributed by atoms with Gasteiger partial charge in [0.1, 0.15) is 0 Å². The maximum atomic E-state index is 12.3. The van der Waals surface area contributed by atoms with E-state index in [2.05, 4.69) is 92.1 Å². The predicted octanol–water partition coefficient (Wildman–Crippen LogP) is 13.7. The topological polar surface area (TPSA) is 69.6 Å². The van der Waals surface area contributed by atoms with Crippen molar-refractivity contribution in [1.29, 1.82) is 0 Å². The van der Waals surface area contributed by atoms with E-state index in [9.17, 15) is 15.0 Å². The summed E-state index contributed by atoms with van der Waals surface area (Å²) in [5, 5.41) is 22.9. The highest BCUT2D eigenvalue weighted by Crippen LogP contribution is 2.14. The fraction of sp³-hybridized carbons (Fsp3) is 0.688. The maximum absolute atomic E-state index is 12.3. The van der Waals surface area contributed by atoms with Crippen LogP contribution in [0, 0.1) is 0 Å². The first-order valence-corrected chi connectivity index (χ1v) is 21.8. The molecule has 0 aliphatic rings. The van der Waals surface area contributed by atoms with Crippen molar-refractivity contribution in [2.24, 2.45) is 0 Å². The Morgan fingerprint density at radius 1 is 0.481 bits per heavy atom. The number of amides is 1. The third-order valence-electron chi connectivity index (χ3n) is 9.38. The van der Waals surface area contributed by atoms with Gasteiger partial charge in [-0.15, -0.1) is 0 Å². The highest BCUT2D eigenvalue weighted by molar-refractivity contribution is 5.76. The molecule has 0 rings (SSSR count). The van der Waals surface area contributed by atoms with Gasteiger partial charge in [-0.25, -0.2) is 0 Å². The van der Waals surface area contributed by atoms with Crippen molar-refractivity contribution in [2.75, 3.05) is 6.61 Å². The van der Waals surface area contributed by atoms with Crippen molar-refractivity contribution >= 4 is 5.91 Å². The first kappa shape index (κ1) is 49.6. The molecular weight excluding hydrogens is 639 g/mol. The Bertz CT molecular complexity index is 957. The monoisotopic (exact) mass is 722 g/mol. The van der Waals surface area contributed by atoms with E-state index in [0.717, 1.165) is 64.2 Å². The van der Waals surface area contributed by atoms with Gasteiger partial charge in [0, 0.05) is 6.42 Å². The average molecular weight is 722 g/mol. The van der Waals surface area contributed by atoms with Crippen LogP contribution in [0.3, 0.4) is 0 Å². The van der Waals surface area contributed by atoms with E-state index in [1.807, 2.05) is 6.08 Å². The lowest BCUT2D eigenvalue weighted by atomic mass is 10.0. The second kappa shape index (κ2) is 43.0. The molecule has 0 saturated heterocycles. The molecule has 0 aliphatic heterocycles. The number of aliphatic hydroxyl groups excluding tert-OH is 2. The summed E-state index contributed by atoms with van der Waals surface area (Å²) in [5.74, 6) is -0.0732. The van der Waals surface area contributed by atoms with Gasteiger partial charge in [0.15, 0.2) is 0 Å². The lowest BCUT2D eigenvalue weighted by Gasteiger charge is -2.20. The summed E-state index contributed by atoms with van der Waals surface area (Å²) < 4.78 is 0. The molecule has 0 radical (unpaired) electrons. The molecule has 298 valence electrons. The third-order valence-corrected chi connectivity index (χ3v) is 9.38. The number of carbonyl (C=O) groups is 1. The van der Waals surface area contributed by atoms with E-state index in [4.69, 9.17) is 0 Å². The lowest BCUT2D eigenvalue weighted by Crippen LogP contribution is -2.45. The van der Waals surface area contributed by atoms with Crippen molar-refractivity contribution in [3.8, 4) is 0 Å². The van der Waals surface area contributed by atoms with Crippen molar-refractivity contribution in [3.05, 3.63) is 85.1 Å². The van der Waals surface area contributed by atoms with Crippen LogP contribution in [0.4, 0.5) is 0 Å². The van der Waals surface area contributed by atoms with Crippen LogP contribution in [0.25, 0.3) is 0 Å². The molecule has 2 atom stereocenters. The zero-order valence-electron chi connectivity index (χ0n) is 34.0. The number of aliphatic hydroxyl groups is 2. The Kier molecular flexibility index (Phi) is 41.0. The molecule has 0 saturated carbocycles. The second-order valence-electron chi connectivity index (χ2n) is 14.4. The Labute approximate surface area is 322 Å². The Morgan fingerprint density at radius 3 is 1.27 bits per heavy atom. The maximum Gasteiger partial charge on any atom is 0.220 e. The van der Waals surface area contributed by atoms with Crippen LogP contribution in [-0.2, 0) is 4.79 Å². The van der Waals surface area contributed by atoms with Crippen LogP contribution in [0.1, 0.15) is 194 Å². The number of hydrogen-bond acceptors (Lipinski definition) is 3. The van der Waals surface area contributed by atoms with Crippen molar-refractivity contribution in [1.82, 2.24) is 5.32 Å². The van der Waals surface area contributed by atoms with Crippen LogP contribution in [0.2, 0.25) is 0 Å². The molecule has 4 heteroatoms. The van der Waals surface area contributed by atoms with E-state index in [-0.39, 0.29) is 12.5 Å². The summed E-state index contributed by atoms with van der Waals surface area (Å²) in [6.07, 6.45) is 62.7. The molecule has 0 aliphatic carbocycles. The zero-order valence-corrected chi connectivity index (χ0v) is 34.0. The van der Waals surface area contributed by atoms with Gasteiger partial charge in [0.25, 0.3) is 0 Å². The molecule has 0 aromatic carbocycles. The molecule has 3 N–H and O–H groups in total. The SMILES string of the molecule is CC/C=C\C/C=C\C/C=C\C/C=C\C/C=C\C/C=C\CCCCCCCCCCCCCCC(=O)NC(CO)C(O)/C=C/CCCCCCCCC. The molecule has 0 heterocycles. The first-order valence-electron chi connectivity index (χ1n) is 21.8. The van der Waals surface area contributed by atoms with Gasteiger partial charge in [0.05, 0.1) is 18.8 Å². The summed E-state index contributed by atoms with van der Waals surface area (Å²) in [6.45, 7) is 4.15. The Balaban J connectivity index is 3.55. The van der Waals surface area contributed by atoms with E-state index in [0.29, 0.717) is 6.42 Å². The van der Waals surface area contributed by atoms with Crippen LogP contribution in [0.15, 0.2) is 85.1 Å². The number of hydrogen-bond donors (Lipinski definition) is 3. The minimum Gasteiger partial charge on any atom is -0.394 e. The fourth-order valence-corrected chi connectivity index (χ4v) is 6.06. The standard InChI is InChI=1S/C48H83NO3/c1-3-5-7-9-11-13-14-15-16-17-18-19-20-21-22-23-24-25-26-27-28-29-30-31-32-33-34-36-38-40-42-44-48(52)49-46(45-50)47(51)43-41-39-37-35-12-10-8-6-4-2/h5,7,11,13,15-16,18-19,21-22,24-25,41,43,46-47,50-51H,3-4,6,8-10,12,14,17,20,23,26-40,42,44-45H2,1-2H3,(H,49,52)/b7-5-,13-11-,16-15-,19-18-,22-21-,25-24-,43-41+. The molecule has 2 unspecified atom stereocenters. The van der Waals surface area contributed by atoms with Crippen LogP contribution < -0.4 is 5.32 Å². The second-order valence-corrected chi connectivity index (χ2v) is 14.4. The van der Waals surface area contributed by atoms with Gasteiger partial charge in [-0.1, -0.05) is 202 Å². The largest absolute Gasteiger partial charge is 0.394 e. The van der Waals surface area contributed by atoms with Crippen molar-refractivity contribution in [2.45, 2.75) is 206 Å². The van der Waals surface area contributed by atoms with Gasteiger partial charge in [-0.05, 0) is 70.6 Å². The van der Waals surface area contributed by atoms with Crippen LogP contribution >= 0.6 is 0 Å². The van der Waals surface area contributed by atoms with Crippen molar-refractivity contribution in [3.63, 3.8) is 0 Å². The molecule has 0 bridgehead atoms. The molecule has 4 nitrogen and oxygen atoms in total. The molecule has 1 amide bonds. The normalized spacial score (nSPS) is 13.8. The van der Waals surface area contributed by atoms with Gasteiger partial charge in [0.2, 0.25) is 5.91 Å². The molecular formula is C48H83NO3. The molecule has 52 heavy (non-hydrogen) atoms. The molecule has 0 fully saturated rings.